The van der Waals surface area contributed by atoms with Crippen molar-refractivity contribution < 1.29 is 18.0 Å². The number of alkyl halides is 2. The van der Waals surface area contributed by atoms with Gasteiger partial charge in [0.25, 0.3) is 5.89 Å². The summed E-state index contributed by atoms with van der Waals surface area (Å²) in [6.07, 6.45) is 0. The van der Waals surface area contributed by atoms with Gasteiger partial charge >= 0.3 is 6.61 Å². The van der Waals surface area contributed by atoms with Gasteiger partial charge in [-0.1, -0.05) is 27.2 Å². The molecule has 21 heavy (non-hydrogen) atoms. The maximum atomic E-state index is 12.4. The van der Waals surface area contributed by atoms with Crippen molar-refractivity contribution in [1.82, 2.24) is 10.1 Å². The summed E-state index contributed by atoms with van der Waals surface area (Å²) in [6, 6.07) is 8.30. The summed E-state index contributed by atoms with van der Waals surface area (Å²) in [5, 5.41) is 5.74. The van der Waals surface area contributed by atoms with Crippen LogP contribution in [0.15, 0.2) is 44.7 Å². The van der Waals surface area contributed by atoms with E-state index in [-0.39, 0.29) is 11.6 Å². The van der Waals surface area contributed by atoms with E-state index in [1.54, 1.807) is 12.1 Å². The van der Waals surface area contributed by atoms with Crippen LogP contribution in [0.3, 0.4) is 0 Å². The zero-order valence-corrected chi connectivity index (χ0v) is 12.7. The van der Waals surface area contributed by atoms with Crippen LogP contribution in [0.5, 0.6) is 5.75 Å². The van der Waals surface area contributed by atoms with Crippen molar-refractivity contribution in [3.05, 3.63) is 40.2 Å². The number of ether oxygens (including phenoxy) is 1. The molecule has 2 aromatic heterocycles. The molecule has 0 saturated carbocycles. The van der Waals surface area contributed by atoms with E-state index in [4.69, 9.17) is 4.52 Å². The Labute approximate surface area is 130 Å². The van der Waals surface area contributed by atoms with Gasteiger partial charge in [-0.15, -0.1) is 11.3 Å². The number of aromatic nitrogens is 2. The minimum atomic E-state index is -2.93. The van der Waals surface area contributed by atoms with Gasteiger partial charge in [0, 0.05) is 4.47 Å². The molecule has 0 aliphatic rings. The molecule has 0 fully saturated rings. The number of thiophene rings is 1. The summed E-state index contributed by atoms with van der Waals surface area (Å²) in [5.74, 6) is 0.507. The van der Waals surface area contributed by atoms with E-state index in [0.717, 1.165) is 4.88 Å². The molecule has 108 valence electrons. The maximum Gasteiger partial charge on any atom is 0.387 e. The lowest BCUT2D eigenvalue weighted by Crippen LogP contribution is -2.03. The molecule has 0 bridgehead atoms. The molecule has 0 spiro atoms. The lowest BCUT2D eigenvalue weighted by Gasteiger charge is -2.08. The van der Waals surface area contributed by atoms with Crippen LogP contribution in [0, 0.1) is 0 Å². The third kappa shape index (κ3) is 3.11. The largest absolute Gasteiger partial charge is 0.434 e. The first-order valence-corrected chi connectivity index (χ1v) is 7.43. The Morgan fingerprint density at radius 2 is 2.14 bits per heavy atom. The molecule has 8 heteroatoms. The third-order valence-electron chi connectivity index (χ3n) is 2.56. The van der Waals surface area contributed by atoms with Gasteiger partial charge in [0.15, 0.2) is 0 Å². The minimum Gasteiger partial charge on any atom is -0.434 e. The van der Waals surface area contributed by atoms with Gasteiger partial charge in [-0.25, -0.2) is 0 Å². The molecule has 3 aromatic rings. The van der Waals surface area contributed by atoms with Crippen LogP contribution in [0.4, 0.5) is 8.78 Å². The molecule has 0 radical (unpaired) electrons. The van der Waals surface area contributed by atoms with Gasteiger partial charge in [-0.05, 0) is 29.6 Å². The minimum absolute atomic E-state index is 0.0189. The Balaban J connectivity index is 2.01. The third-order valence-corrected chi connectivity index (χ3v) is 3.91. The van der Waals surface area contributed by atoms with Gasteiger partial charge < -0.3 is 9.26 Å². The number of nitrogens with zero attached hydrogens (tertiary/aromatic N) is 2. The fraction of sp³-hybridized carbons (Fsp3) is 0.0769. The quantitative estimate of drug-likeness (QED) is 0.657. The smallest absolute Gasteiger partial charge is 0.387 e. The summed E-state index contributed by atoms with van der Waals surface area (Å²) in [7, 11) is 0. The van der Waals surface area contributed by atoms with E-state index in [0.29, 0.717) is 15.9 Å². The molecule has 1 aromatic carbocycles. The Bertz CT molecular complexity index is 746. The zero-order valence-electron chi connectivity index (χ0n) is 10.3. The first-order valence-electron chi connectivity index (χ1n) is 5.76. The molecule has 0 amide bonds. The van der Waals surface area contributed by atoms with Crippen LogP contribution < -0.4 is 4.74 Å². The average molecular weight is 373 g/mol. The highest BCUT2D eigenvalue weighted by atomic mass is 79.9. The van der Waals surface area contributed by atoms with Gasteiger partial charge in [0.05, 0.1) is 10.4 Å². The molecule has 0 atom stereocenters. The lowest BCUT2D eigenvalue weighted by molar-refractivity contribution is -0.0495. The normalized spacial score (nSPS) is 11.0. The van der Waals surface area contributed by atoms with Crippen molar-refractivity contribution in [3.8, 4) is 27.9 Å². The summed E-state index contributed by atoms with van der Waals surface area (Å²) in [6.45, 7) is -2.93. The highest BCUT2D eigenvalue weighted by Gasteiger charge is 2.18. The van der Waals surface area contributed by atoms with Crippen molar-refractivity contribution in [1.29, 1.82) is 0 Å². The predicted molar refractivity (Wildman–Crippen MR) is 77.4 cm³/mol. The fourth-order valence-corrected chi connectivity index (χ4v) is 2.72. The number of hydrogen-bond donors (Lipinski definition) is 0. The van der Waals surface area contributed by atoms with Crippen molar-refractivity contribution in [2.24, 2.45) is 0 Å². The first-order chi connectivity index (χ1) is 10.1. The van der Waals surface area contributed by atoms with E-state index in [1.807, 2.05) is 17.5 Å². The van der Waals surface area contributed by atoms with Crippen molar-refractivity contribution in [3.63, 3.8) is 0 Å². The first kappa shape index (κ1) is 14.2. The highest BCUT2D eigenvalue weighted by molar-refractivity contribution is 9.10. The Kier molecular flexibility index (Phi) is 3.98. The molecule has 0 unspecified atom stereocenters. The molecule has 4 nitrogen and oxygen atoms in total. The van der Waals surface area contributed by atoms with Crippen LogP contribution in [0.25, 0.3) is 22.2 Å². The number of rotatable bonds is 4. The maximum absolute atomic E-state index is 12.4. The Morgan fingerprint density at radius 1 is 1.29 bits per heavy atom. The fourth-order valence-electron chi connectivity index (χ4n) is 1.71. The molecule has 3 rings (SSSR count). The second-order valence-corrected chi connectivity index (χ2v) is 5.78. The molecule has 2 heterocycles. The van der Waals surface area contributed by atoms with E-state index in [1.165, 1.54) is 17.4 Å². The van der Waals surface area contributed by atoms with Crippen molar-refractivity contribution in [2.45, 2.75) is 6.61 Å². The lowest BCUT2D eigenvalue weighted by atomic mass is 10.2. The number of hydrogen-bond acceptors (Lipinski definition) is 5. The summed E-state index contributed by atoms with van der Waals surface area (Å²) >= 11 is 4.73. The topological polar surface area (TPSA) is 48.2 Å². The molecular formula is C13H7BrF2N2O2S. The molecular weight excluding hydrogens is 366 g/mol. The Morgan fingerprint density at radius 3 is 2.86 bits per heavy atom. The monoisotopic (exact) mass is 372 g/mol. The van der Waals surface area contributed by atoms with Gasteiger partial charge in [0.1, 0.15) is 5.75 Å². The van der Waals surface area contributed by atoms with Crippen LogP contribution >= 0.6 is 27.3 Å². The van der Waals surface area contributed by atoms with E-state index in [9.17, 15) is 8.78 Å². The van der Waals surface area contributed by atoms with Gasteiger partial charge in [0.2, 0.25) is 5.82 Å². The predicted octanol–water partition coefficient (Wildman–Crippen LogP) is 4.83. The zero-order chi connectivity index (χ0) is 14.8. The molecule has 0 saturated heterocycles. The number of benzene rings is 1. The van der Waals surface area contributed by atoms with Crippen molar-refractivity contribution >= 4 is 27.3 Å². The SMILES string of the molecule is FC(F)Oc1ccc(Br)cc1-c1nc(-c2cccs2)no1. The second-order valence-electron chi connectivity index (χ2n) is 3.92. The van der Waals surface area contributed by atoms with E-state index in [2.05, 4.69) is 30.8 Å². The molecule has 0 N–H and O–H groups in total. The Hall–Kier alpha value is -1.80. The van der Waals surface area contributed by atoms with Crippen LogP contribution in [-0.4, -0.2) is 16.8 Å². The second kappa shape index (κ2) is 5.90. The van der Waals surface area contributed by atoms with Crippen LogP contribution in [-0.2, 0) is 0 Å². The van der Waals surface area contributed by atoms with Crippen LogP contribution in [0.2, 0.25) is 0 Å². The van der Waals surface area contributed by atoms with E-state index < -0.39 is 6.61 Å². The van der Waals surface area contributed by atoms with E-state index >= 15 is 0 Å². The summed E-state index contributed by atoms with van der Waals surface area (Å²) in [5.41, 5.74) is 0.306. The van der Waals surface area contributed by atoms with Gasteiger partial charge in [-0.3, -0.25) is 0 Å². The number of halogens is 3. The standard InChI is InChI=1S/C13H7BrF2N2O2S/c14-7-3-4-9(19-13(15)16)8(6-7)12-17-11(18-20-12)10-2-1-5-21-10/h1-6,13H. The highest BCUT2D eigenvalue weighted by Crippen LogP contribution is 2.34. The van der Waals surface area contributed by atoms with Crippen molar-refractivity contribution in [2.75, 3.05) is 0 Å². The summed E-state index contributed by atoms with van der Waals surface area (Å²) < 4.78 is 35.2. The molecule has 0 aliphatic carbocycles. The van der Waals surface area contributed by atoms with Crippen LogP contribution in [0.1, 0.15) is 0 Å². The van der Waals surface area contributed by atoms with Gasteiger partial charge in [-0.2, -0.15) is 13.8 Å². The molecule has 0 aliphatic heterocycles. The average Bonchev–Trinajstić information content (AvgIpc) is 3.09. The summed E-state index contributed by atoms with van der Waals surface area (Å²) in [4.78, 5) is 5.05.